The Morgan fingerprint density at radius 1 is 0.957 bits per heavy atom. The van der Waals surface area contributed by atoms with Crippen LogP contribution in [0.5, 0.6) is 0 Å². The molecule has 0 spiro atoms. The summed E-state index contributed by atoms with van der Waals surface area (Å²) in [5, 5.41) is 0. The highest BCUT2D eigenvalue weighted by molar-refractivity contribution is 5.42. The average molecular weight is 316 g/mol. The lowest BCUT2D eigenvalue weighted by atomic mass is 10.2. The van der Waals surface area contributed by atoms with Gasteiger partial charge in [0, 0.05) is 38.9 Å². The second kappa shape index (κ2) is 6.87. The molecular weight excluding hydrogens is 295 g/mol. The lowest BCUT2D eigenvalue weighted by Crippen LogP contribution is -2.47. The summed E-state index contributed by atoms with van der Waals surface area (Å²) in [7, 11) is 4.09. The third-order valence-electron chi connectivity index (χ3n) is 3.80. The molecule has 7 heteroatoms. The fourth-order valence-electron chi connectivity index (χ4n) is 2.67. The molecule has 3 heterocycles. The van der Waals surface area contributed by atoms with Gasteiger partial charge in [0.1, 0.15) is 5.82 Å². The normalized spacial score (nSPS) is 15.3. The second-order valence-electron chi connectivity index (χ2n) is 5.94. The highest BCUT2D eigenvalue weighted by Crippen LogP contribution is 2.17. The van der Waals surface area contributed by atoms with Crippen LogP contribution in [0, 0.1) is 5.82 Å². The molecule has 122 valence electrons. The summed E-state index contributed by atoms with van der Waals surface area (Å²) in [4.78, 5) is 19.1. The van der Waals surface area contributed by atoms with E-state index < -0.39 is 5.82 Å². The molecule has 0 radical (unpaired) electrons. The van der Waals surface area contributed by atoms with Crippen molar-refractivity contribution in [1.29, 1.82) is 0 Å². The first-order chi connectivity index (χ1) is 11.1. The minimum Gasteiger partial charge on any atom is -0.353 e. The van der Waals surface area contributed by atoms with Crippen molar-refractivity contribution in [3.05, 3.63) is 42.1 Å². The Bertz CT molecular complexity index is 620. The Hall–Kier alpha value is -2.28. The van der Waals surface area contributed by atoms with E-state index in [0.29, 0.717) is 5.95 Å². The van der Waals surface area contributed by atoms with Crippen LogP contribution in [0.25, 0.3) is 0 Å². The van der Waals surface area contributed by atoms with Gasteiger partial charge in [-0.2, -0.15) is 0 Å². The third kappa shape index (κ3) is 3.92. The van der Waals surface area contributed by atoms with Crippen molar-refractivity contribution in [2.75, 3.05) is 50.1 Å². The molecule has 23 heavy (non-hydrogen) atoms. The number of piperazine rings is 1. The topological polar surface area (TPSA) is 48.4 Å². The van der Waals surface area contributed by atoms with Gasteiger partial charge in [-0.3, -0.25) is 0 Å². The van der Waals surface area contributed by atoms with E-state index in [-0.39, 0.29) is 0 Å². The monoisotopic (exact) mass is 316 g/mol. The molecule has 1 saturated heterocycles. The molecule has 0 bridgehead atoms. The van der Waals surface area contributed by atoms with Crippen LogP contribution in [0.3, 0.4) is 0 Å². The maximum atomic E-state index is 12.9. The number of pyridine rings is 1. The predicted octanol–water partition coefficient (Wildman–Crippen LogP) is 1.40. The van der Waals surface area contributed by atoms with Gasteiger partial charge < -0.3 is 14.7 Å². The summed E-state index contributed by atoms with van der Waals surface area (Å²) in [6.07, 6.45) is 4.35. The molecule has 0 aliphatic carbocycles. The van der Waals surface area contributed by atoms with Crippen LogP contribution in [0.1, 0.15) is 5.56 Å². The van der Waals surface area contributed by atoms with E-state index in [2.05, 4.69) is 41.8 Å². The van der Waals surface area contributed by atoms with Crippen LogP contribution >= 0.6 is 0 Å². The van der Waals surface area contributed by atoms with Crippen molar-refractivity contribution in [2.24, 2.45) is 0 Å². The van der Waals surface area contributed by atoms with Crippen molar-refractivity contribution < 1.29 is 4.39 Å². The summed E-state index contributed by atoms with van der Waals surface area (Å²) >= 11 is 0. The van der Waals surface area contributed by atoms with E-state index in [1.807, 2.05) is 20.3 Å². The highest BCUT2D eigenvalue weighted by Gasteiger charge is 2.19. The average Bonchev–Trinajstić information content (AvgIpc) is 2.56. The first kappa shape index (κ1) is 15.6. The molecular formula is C16H21FN6. The number of nitrogens with zero attached hydrogens (tertiary/aromatic N) is 6. The highest BCUT2D eigenvalue weighted by atomic mass is 19.1. The summed E-state index contributed by atoms with van der Waals surface area (Å²) in [6, 6.07) is 4.20. The Morgan fingerprint density at radius 3 is 2.17 bits per heavy atom. The lowest BCUT2D eigenvalue weighted by Gasteiger charge is -2.35. The van der Waals surface area contributed by atoms with Crippen LogP contribution in [-0.4, -0.2) is 60.1 Å². The van der Waals surface area contributed by atoms with Crippen LogP contribution in [0.4, 0.5) is 16.2 Å². The molecule has 1 fully saturated rings. The summed E-state index contributed by atoms with van der Waals surface area (Å²) in [5.41, 5.74) is 1.21. The molecule has 0 aromatic carbocycles. The van der Waals surface area contributed by atoms with E-state index in [9.17, 15) is 4.39 Å². The molecule has 1 aliphatic rings. The fourth-order valence-corrected chi connectivity index (χ4v) is 2.67. The second-order valence-corrected chi connectivity index (χ2v) is 5.94. The largest absolute Gasteiger partial charge is 0.353 e. The van der Waals surface area contributed by atoms with Crippen molar-refractivity contribution in [1.82, 2.24) is 19.9 Å². The minimum atomic E-state index is -0.408. The van der Waals surface area contributed by atoms with Gasteiger partial charge >= 0.3 is 0 Å². The van der Waals surface area contributed by atoms with E-state index in [0.717, 1.165) is 38.5 Å². The SMILES string of the molecule is CN(C)Cc1ccc(N2CCN(c3ncc(F)cn3)CC2)nc1. The van der Waals surface area contributed by atoms with Crippen LogP contribution in [0.15, 0.2) is 30.7 Å². The maximum absolute atomic E-state index is 12.9. The summed E-state index contributed by atoms with van der Waals surface area (Å²) in [5.74, 6) is 1.17. The summed E-state index contributed by atoms with van der Waals surface area (Å²) < 4.78 is 12.9. The maximum Gasteiger partial charge on any atom is 0.225 e. The van der Waals surface area contributed by atoms with E-state index in [1.54, 1.807) is 0 Å². The van der Waals surface area contributed by atoms with Crippen LogP contribution < -0.4 is 9.80 Å². The van der Waals surface area contributed by atoms with Crippen LogP contribution in [0.2, 0.25) is 0 Å². The van der Waals surface area contributed by atoms with E-state index >= 15 is 0 Å². The number of anilines is 2. The fraction of sp³-hybridized carbons (Fsp3) is 0.438. The first-order valence-electron chi connectivity index (χ1n) is 7.69. The zero-order chi connectivity index (χ0) is 16.2. The zero-order valence-corrected chi connectivity index (χ0v) is 13.5. The van der Waals surface area contributed by atoms with Crippen molar-refractivity contribution in [3.8, 4) is 0 Å². The lowest BCUT2D eigenvalue weighted by molar-refractivity contribution is 0.402. The minimum absolute atomic E-state index is 0.408. The standard InChI is InChI=1S/C16H21FN6/c1-21(2)12-13-3-4-15(18-9-13)22-5-7-23(8-6-22)16-19-10-14(17)11-20-16/h3-4,9-11H,5-8,12H2,1-2H3. The quantitative estimate of drug-likeness (QED) is 0.850. The number of hydrogen-bond donors (Lipinski definition) is 0. The van der Waals surface area contributed by atoms with Crippen LogP contribution in [-0.2, 0) is 6.54 Å². The van der Waals surface area contributed by atoms with E-state index in [1.165, 1.54) is 18.0 Å². The van der Waals surface area contributed by atoms with Crippen molar-refractivity contribution >= 4 is 11.8 Å². The molecule has 0 atom stereocenters. The van der Waals surface area contributed by atoms with Gasteiger partial charge in [0.2, 0.25) is 5.95 Å². The Labute approximate surface area is 135 Å². The molecule has 2 aromatic rings. The van der Waals surface area contributed by atoms with E-state index in [4.69, 9.17) is 0 Å². The molecule has 0 N–H and O–H groups in total. The number of aromatic nitrogens is 3. The molecule has 0 unspecified atom stereocenters. The Kier molecular flexibility index (Phi) is 4.66. The van der Waals surface area contributed by atoms with Crippen molar-refractivity contribution in [3.63, 3.8) is 0 Å². The van der Waals surface area contributed by atoms with Gasteiger partial charge in [-0.25, -0.2) is 19.3 Å². The van der Waals surface area contributed by atoms with Gasteiger partial charge in [-0.15, -0.1) is 0 Å². The number of rotatable bonds is 4. The number of hydrogen-bond acceptors (Lipinski definition) is 6. The van der Waals surface area contributed by atoms with Gasteiger partial charge in [0.05, 0.1) is 12.4 Å². The first-order valence-corrected chi connectivity index (χ1v) is 7.69. The molecule has 0 saturated carbocycles. The van der Waals surface area contributed by atoms with Gasteiger partial charge in [-0.1, -0.05) is 6.07 Å². The Balaban J connectivity index is 1.59. The zero-order valence-electron chi connectivity index (χ0n) is 13.5. The smallest absolute Gasteiger partial charge is 0.225 e. The van der Waals surface area contributed by atoms with Gasteiger partial charge in [0.15, 0.2) is 5.82 Å². The third-order valence-corrected chi connectivity index (χ3v) is 3.80. The molecule has 1 aliphatic heterocycles. The Morgan fingerprint density at radius 2 is 1.61 bits per heavy atom. The predicted molar refractivity (Wildman–Crippen MR) is 88.0 cm³/mol. The molecule has 6 nitrogen and oxygen atoms in total. The van der Waals surface area contributed by atoms with Gasteiger partial charge in [0.25, 0.3) is 0 Å². The van der Waals surface area contributed by atoms with Gasteiger partial charge in [-0.05, 0) is 25.7 Å². The number of halogens is 1. The molecule has 0 amide bonds. The molecule has 2 aromatic heterocycles. The summed E-state index contributed by atoms with van der Waals surface area (Å²) in [6.45, 7) is 4.18. The van der Waals surface area contributed by atoms with Crippen molar-refractivity contribution in [2.45, 2.75) is 6.54 Å². The molecule has 3 rings (SSSR count).